The maximum Gasteiger partial charge on any atom is 0.191 e. The van der Waals surface area contributed by atoms with Gasteiger partial charge in [0.1, 0.15) is 12.4 Å². The second kappa shape index (κ2) is 13.4. The fourth-order valence-corrected chi connectivity index (χ4v) is 2.47. The summed E-state index contributed by atoms with van der Waals surface area (Å²) in [5.74, 6) is 2.33. The number of aliphatic imine (C=N–C) groups is 1. The van der Waals surface area contributed by atoms with Crippen LogP contribution >= 0.6 is 24.0 Å². The van der Waals surface area contributed by atoms with Gasteiger partial charge in [-0.3, -0.25) is 4.99 Å². The molecular weight excluding hydrogens is 471 g/mol. The number of halogens is 1. The van der Waals surface area contributed by atoms with E-state index >= 15 is 0 Å². The fourth-order valence-electron chi connectivity index (χ4n) is 2.47. The zero-order valence-electron chi connectivity index (χ0n) is 17.1. The first-order valence-corrected chi connectivity index (χ1v) is 9.35. The van der Waals surface area contributed by atoms with Crippen molar-refractivity contribution < 1.29 is 14.0 Å². The zero-order valence-corrected chi connectivity index (χ0v) is 19.4. The van der Waals surface area contributed by atoms with Gasteiger partial charge in [0.15, 0.2) is 11.7 Å². The van der Waals surface area contributed by atoms with Crippen molar-refractivity contribution in [3.63, 3.8) is 0 Å². The standard InChI is InChI=1S/C20H30N4O3.HI/c1-5-17-12-18(27-24-17)14-23-20(21-4)22-13-16-8-7-15(3)11-19(16)26-10-9-25-6-2;/h7-8,11-12H,5-6,9-10,13-14H2,1-4H3,(H2,21,22,23);1H. The van der Waals surface area contributed by atoms with Crippen molar-refractivity contribution >= 4 is 29.9 Å². The minimum atomic E-state index is 0. The van der Waals surface area contributed by atoms with Gasteiger partial charge in [0, 0.05) is 31.8 Å². The summed E-state index contributed by atoms with van der Waals surface area (Å²) in [4.78, 5) is 4.25. The molecule has 1 aromatic heterocycles. The predicted molar refractivity (Wildman–Crippen MR) is 122 cm³/mol. The lowest BCUT2D eigenvalue weighted by atomic mass is 10.1. The van der Waals surface area contributed by atoms with Gasteiger partial charge in [0.05, 0.1) is 18.8 Å². The van der Waals surface area contributed by atoms with Gasteiger partial charge in [-0.15, -0.1) is 24.0 Å². The van der Waals surface area contributed by atoms with Crippen molar-refractivity contribution in [1.82, 2.24) is 15.8 Å². The molecule has 2 rings (SSSR count). The molecule has 2 aromatic rings. The zero-order chi connectivity index (χ0) is 19.5. The Balaban J connectivity index is 0.00000392. The van der Waals surface area contributed by atoms with Crippen LogP contribution in [-0.2, 0) is 24.2 Å². The van der Waals surface area contributed by atoms with Crippen LogP contribution in [0, 0.1) is 6.92 Å². The predicted octanol–water partition coefficient (Wildman–Crippen LogP) is 3.44. The van der Waals surface area contributed by atoms with E-state index in [9.17, 15) is 0 Å². The van der Waals surface area contributed by atoms with E-state index < -0.39 is 0 Å². The lowest BCUT2D eigenvalue weighted by Gasteiger charge is -2.15. The molecule has 0 aliphatic rings. The molecule has 0 saturated carbocycles. The Morgan fingerprint density at radius 1 is 1.14 bits per heavy atom. The van der Waals surface area contributed by atoms with Crippen LogP contribution in [0.4, 0.5) is 0 Å². The summed E-state index contributed by atoms with van der Waals surface area (Å²) in [6, 6.07) is 8.13. The van der Waals surface area contributed by atoms with Crippen molar-refractivity contribution in [2.45, 2.75) is 40.3 Å². The van der Waals surface area contributed by atoms with Crippen molar-refractivity contribution in [2.24, 2.45) is 4.99 Å². The van der Waals surface area contributed by atoms with Crippen LogP contribution in [0.1, 0.15) is 36.4 Å². The summed E-state index contributed by atoms with van der Waals surface area (Å²) in [6.07, 6.45) is 0.857. The van der Waals surface area contributed by atoms with Crippen LogP contribution in [0.5, 0.6) is 5.75 Å². The number of guanidine groups is 1. The smallest absolute Gasteiger partial charge is 0.191 e. The largest absolute Gasteiger partial charge is 0.491 e. The molecule has 0 unspecified atom stereocenters. The quantitative estimate of drug-likeness (QED) is 0.224. The van der Waals surface area contributed by atoms with Gasteiger partial charge in [-0.1, -0.05) is 24.2 Å². The normalized spacial score (nSPS) is 11.1. The van der Waals surface area contributed by atoms with Gasteiger partial charge in [0.25, 0.3) is 0 Å². The van der Waals surface area contributed by atoms with E-state index in [2.05, 4.69) is 39.8 Å². The third kappa shape index (κ3) is 8.05. The minimum Gasteiger partial charge on any atom is -0.491 e. The molecule has 0 aliphatic heterocycles. The summed E-state index contributed by atoms with van der Waals surface area (Å²) < 4.78 is 16.5. The second-order valence-corrected chi connectivity index (χ2v) is 6.07. The number of rotatable bonds is 10. The molecule has 0 amide bonds. The molecule has 0 spiro atoms. The van der Waals surface area contributed by atoms with Crippen molar-refractivity contribution in [1.29, 1.82) is 0 Å². The Morgan fingerprint density at radius 2 is 1.93 bits per heavy atom. The highest BCUT2D eigenvalue weighted by Gasteiger charge is 2.07. The van der Waals surface area contributed by atoms with E-state index in [4.69, 9.17) is 14.0 Å². The van der Waals surface area contributed by atoms with Crippen molar-refractivity contribution in [3.8, 4) is 5.75 Å². The average molecular weight is 502 g/mol. The van der Waals surface area contributed by atoms with E-state index in [0.29, 0.717) is 38.9 Å². The Kier molecular flexibility index (Phi) is 11.6. The van der Waals surface area contributed by atoms with Crippen LogP contribution in [0.25, 0.3) is 0 Å². The number of benzene rings is 1. The fraction of sp³-hybridized carbons (Fsp3) is 0.500. The second-order valence-electron chi connectivity index (χ2n) is 6.07. The lowest BCUT2D eigenvalue weighted by Crippen LogP contribution is -2.36. The monoisotopic (exact) mass is 502 g/mol. The number of hydrogen-bond donors (Lipinski definition) is 2. The number of nitrogens with one attached hydrogen (secondary N) is 2. The molecule has 8 heteroatoms. The van der Waals surface area contributed by atoms with Gasteiger partial charge in [0.2, 0.25) is 0 Å². The van der Waals surface area contributed by atoms with Crippen LogP contribution in [0.15, 0.2) is 33.8 Å². The Labute approximate surface area is 184 Å². The molecule has 0 bridgehead atoms. The van der Waals surface area contributed by atoms with Crippen LogP contribution < -0.4 is 15.4 Å². The van der Waals surface area contributed by atoms with E-state index in [1.807, 2.05) is 26.0 Å². The molecular formula is C20H31IN4O3. The summed E-state index contributed by atoms with van der Waals surface area (Å²) in [7, 11) is 1.74. The minimum absolute atomic E-state index is 0. The molecule has 156 valence electrons. The molecule has 7 nitrogen and oxygen atoms in total. The molecule has 0 atom stereocenters. The third-order valence-corrected chi connectivity index (χ3v) is 3.98. The number of aromatic nitrogens is 1. The molecule has 1 heterocycles. The maximum atomic E-state index is 5.88. The maximum absolute atomic E-state index is 5.88. The Hall–Kier alpha value is -1.81. The van der Waals surface area contributed by atoms with Gasteiger partial charge >= 0.3 is 0 Å². The Morgan fingerprint density at radius 3 is 2.61 bits per heavy atom. The third-order valence-electron chi connectivity index (χ3n) is 3.98. The summed E-state index contributed by atoms with van der Waals surface area (Å²) >= 11 is 0. The van der Waals surface area contributed by atoms with E-state index in [1.165, 1.54) is 0 Å². The highest BCUT2D eigenvalue weighted by Crippen LogP contribution is 2.20. The van der Waals surface area contributed by atoms with Crippen LogP contribution in [0.2, 0.25) is 0 Å². The number of aryl methyl sites for hydroxylation is 2. The lowest BCUT2D eigenvalue weighted by molar-refractivity contribution is 0.110. The topological polar surface area (TPSA) is 80.9 Å². The van der Waals surface area contributed by atoms with Crippen LogP contribution in [0.3, 0.4) is 0 Å². The summed E-state index contributed by atoms with van der Waals surface area (Å²) in [5, 5.41) is 10.5. The van der Waals surface area contributed by atoms with E-state index in [-0.39, 0.29) is 24.0 Å². The first-order valence-electron chi connectivity index (χ1n) is 9.35. The summed E-state index contributed by atoms with van der Waals surface area (Å²) in [6.45, 7) is 9.00. The first-order chi connectivity index (χ1) is 13.2. The first kappa shape index (κ1) is 24.2. The molecule has 2 N–H and O–H groups in total. The molecule has 0 saturated heterocycles. The van der Waals surface area contributed by atoms with Crippen molar-refractivity contribution in [3.05, 3.63) is 46.8 Å². The SMILES string of the molecule is CCOCCOc1cc(C)ccc1CNC(=NC)NCc1cc(CC)no1.I. The Bertz CT molecular complexity index is 734. The van der Waals surface area contributed by atoms with E-state index in [1.54, 1.807) is 7.05 Å². The molecule has 0 aliphatic carbocycles. The average Bonchev–Trinajstić information content (AvgIpc) is 3.14. The highest BCUT2D eigenvalue weighted by molar-refractivity contribution is 14.0. The van der Waals surface area contributed by atoms with Gasteiger partial charge in [-0.2, -0.15) is 0 Å². The highest BCUT2D eigenvalue weighted by atomic mass is 127. The van der Waals surface area contributed by atoms with Gasteiger partial charge in [-0.05, 0) is 31.9 Å². The molecule has 0 fully saturated rings. The van der Waals surface area contributed by atoms with Gasteiger partial charge < -0.3 is 24.6 Å². The molecule has 0 radical (unpaired) electrons. The number of hydrogen-bond acceptors (Lipinski definition) is 5. The number of nitrogens with zero attached hydrogens (tertiary/aromatic N) is 2. The van der Waals surface area contributed by atoms with Crippen LogP contribution in [-0.4, -0.2) is 38.0 Å². The van der Waals surface area contributed by atoms with Crippen molar-refractivity contribution in [2.75, 3.05) is 26.9 Å². The molecule has 28 heavy (non-hydrogen) atoms. The number of ether oxygens (including phenoxy) is 2. The van der Waals surface area contributed by atoms with E-state index in [0.717, 1.165) is 34.8 Å². The molecule has 1 aromatic carbocycles. The van der Waals surface area contributed by atoms with Gasteiger partial charge in [-0.25, -0.2) is 0 Å². The summed E-state index contributed by atoms with van der Waals surface area (Å²) in [5.41, 5.74) is 3.17.